The lowest BCUT2D eigenvalue weighted by Gasteiger charge is -2.28. The summed E-state index contributed by atoms with van der Waals surface area (Å²) in [6.07, 6.45) is 7.27. The number of carbonyl (C=O) groups excluding carboxylic acids is 1. The summed E-state index contributed by atoms with van der Waals surface area (Å²) >= 11 is 1.62. The number of nitrogens with zero attached hydrogens (tertiary/aromatic N) is 2. The van der Waals surface area contributed by atoms with Crippen LogP contribution in [0.3, 0.4) is 0 Å². The predicted octanol–water partition coefficient (Wildman–Crippen LogP) is 4.66. The summed E-state index contributed by atoms with van der Waals surface area (Å²) in [5.41, 5.74) is 2.29. The number of carbonyl (C=O) groups is 1. The molecule has 6 heteroatoms. The molecule has 0 spiro atoms. The summed E-state index contributed by atoms with van der Waals surface area (Å²) in [5.74, 6) is 2.49. The molecule has 1 aromatic carbocycles. The molecule has 0 unspecified atom stereocenters. The maximum atomic E-state index is 12.3. The van der Waals surface area contributed by atoms with E-state index in [1.54, 1.807) is 22.6 Å². The van der Waals surface area contributed by atoms with Gasteiger partial charge in [-0.2, -0.15) is 5.10 Å². The largest absolute Gasteiger partial charge is 0.486 e. The maximum Gasteiger partial charge on any atom is 0.360 e. The molecule has 5 nitrogen and oxygen atoms in total. The second-order valence-electron chi connectivity index (χ2n) is 5.69. The number of hydrazone groups is 1. The Labute approximate surface area is 170 Å². The number of methoxy groups -OCH3 is 1. The molecule has 0 atom stereocenters. The van der Waals surface area contributed by atoms with Crippen LogP contribution in [-0.4, -0.2) is 24.3 Å². The lowest BCUT2D eigenvalue weighted by atomic mass is 10.1. The van der Waals surface area contributed by atoms with E-state index in [0.717, 1.165) is 22.4 Å². The molecule has 0 amide bonds. The molecule has 1 aliphatic rings. The number of ether oxygens (including phenoxy) is 2. The zero-order valence-corrected chi connectivity index (χ0v) is 17.2. The van der Waals surface area contributed by atoms with Crippen LogP contribution in [0.5, 0.6) is 0 Å². The van der Waals surface area contributed by atoms with Crippen LogP contribution >= 0.6 is 11.3 Å². The van der Waals surface area contributed by atoms with Gasteiger partial charge in [0.05, 0.1) is 13.7 Å². The Morgan fingerprint density at radius 2 is 2.07 bits per heavy atom. The van der Waals surface area contributed by atoms with Crippen LogP contribution in [0.2, 0.25) is 0 Å². The van der Waals surface area contributed by atoms with Gasteiger partial charge < -0.3 is 9.47 Å². The van der Waals surface area contributed by atoms with Crippen molar-refractivity contribution in [1.29, 1.82) is 0 Å². The molecular weight excluding hydrogens is 372 g/mol. The summed E-state index contributed by atoms with van der Waals surface area (Å²) in [4.78, 5) is 13.4. The van der Waals surface area contributed by atoms with Crippen molar-refractivity contribution in [3.63, 3.8) is 0 Å². The molecule has 0 N–H and O–H groups in total. The molecule has 0 saturated heterocycles. The van der Waals surface area contributed by atoms with Gasteiger partial charge in [0.2, 0.25) is 0 Å². The van der Waals surface area contributed by atoms with Crippen LogP contribution in [0.1, 0.15) is 36.3 Å². The van der Waals surface area contributed by atoms with Crippen molar-refractivity contribution in [3.05, 3.63) is 63.5 Å². The zero-order chi connectivity index (χ0) is 20.4. The van der Waals surface area contributed by atoms with Crippen LogP contribution in [-0.2, 0) is 27.4 Å². The Morgan fingerprint density at radius 3 is 2.68 bits per heavy atom. The van der Waals surface area contributed by atoms with E-state index >= 15 is 0 Å². The molecule has 0 aliphatic carbocycles. The van der Waals surface area contributed by atoms with Gasteiger partial charge >= 0.3 is 5.97 Å². The Balaban J connectivity index is 0.000000640. The van der Waals surface area contributed by atoms with Gasteiger partial charge in [0.25, 0.3) is 0 Å². The topological polar surface area (TPSA) is 51.1 Å². The standard InChI is InChI=1S/C18H18N2O3S.C4H6/c1-3-19-20-11-15-14(9-10-24-15)17(16(20)18(21)22-2)23-12-13-7-5-4-6-8-13;1-3-4-2/h3-10H,11-12H2,1-2H3;1H,4H2,2H3/b19-3-;. The smallest absolute Gasteiger partial charge is 0.360 e. The third-order valence-electron chi connectivity index (χ3n) is 3.82. The highest BCUT2D eigenvalue weighted by Crippen LogP contribution is 2.36. The highest BCUT2D eigenvalue weighted by atomic mass is 32.1. The van der Waals surface area contributed by atoms with Crippen molar-refractivity contribution in [2.45, 2.75) is 33.4 Å². The van der Waals surface area contributed by atoms with Crippen molar-refractivity contribution in [2.24, 2.45) is 5.10 Å². The second kappa shape index (κ2) is 11.0. The first-order valence-corrected chi connectivity index (χ1v) is 9.79. The number of esters is 1. The molecule has 0 bridgehead atoms. The second-order valence-corrected chi connectivity index (χ2v) is 6.69. The van der Waals surface area contributed by atoms with Crippen LogP contribution in [0.4, 0.5) is 0 Å². The third kappa shape index (κ3) is 5.24. The summed E-state index contributed by atoms with van der Waals surface area (Å²) in [7, 11) is 1.36. The number of rotatable bonds is 5. The lowest BCUT2D eigenvalue weighted by Crippen LogP contribution is -2.29. The van der Waals surface area contributed by atoms with E-state index < -0.39 is 5.97 Å². The zero-order valence-electron chi connectivity index (χ0n) is 16.3. The van der Waals surface area contributed by atoms with Crippen molar-refractivity contribution in [2.75, 3.05) is 7.11 Å². The molecule has 1 aromatic heterocycles. The van der Waals surface area contributed by atoms with E-state index in [2.05, 4.69) is 11.0 Å². The van der Waals surface area contributed by atoms with E-state index in [4.69, 9.17) is 15.9 Å². The maximum absolute atomic E-state index is 12.3. The van der Waals surface area contributed by atoms with Gasteiger partial charge in [-0.3, -0.25) is 0 Å². The van der Waals surface area contributed by atoms with Gasteiger partial charge in [0, 0.05) is 23.1 Å². The molecule has 28 heavy (non-hydrogen) atoms. The van der Waals surface area contributed by atoms with Gasteiger partial charge in [-0.15, -0.1) is 23.7 Å². The van der Waals surface area contributed by atoms with E-state index in [1.165, 1.54) is 7.11 Å². The summed E-state index contributed by atoms with van der Waals surface area (Å²) in [5, 5.41) is 7.91. The van der Waals surface area contributed by atoms with E-state index in [9.17, 15) is 4.79 Å². The molecule has 2 heterocycles. The van der Waals surface area contributed by atoms with Gasteiger partial charge in [0.1, 0.15) is 6.61 Å². The van der Waals surface area contributed by atoms with Crippen LogP contribution in [0, 0.1) is 12.3 Å². The van der Waals surface area contributed by atoms with Crippen molar-refractivity contribution < 1.29 is 14.3 Å². The number of hydrogen-bond donors (Lipinski definition) is 0. The Kier molecular flexibility index (Phi) is 8.32. The lowest BCUT2D eigenvalue weighted by molar-refractivity contribution is -0.138. The summed E-state index contributed by atoms with van der Waals surface area (Å²) < 4.78 is 11.0. The predicted molar refractivity (Wildman–Crippen MR) is 113 cm³/mol. The number of hydrogen-bond acceptors (Lipinski definition) is 6. The molecule has 2 aromatic rings. The monoisotopic (exact) mass is 396 g/mol. The SMILES string of the molecule is C#CCC.C/C=N\N1Cc2sccc2C(OCc2ccccc2)=C1C(=O)OC. The van der Waals surface area contributed by atoms with Crippen molar-refractivity contribution in [3.8, 4) is 12.3 Å². The summed E-state index contributed by atoms with van der Waals surface area (Å²) in [6, 6.07) is 11.8. The van der Waals surface area contributed by atoms with Gasteiger partial charge in [0.15, 0.2) is 11.5 Å². The fourth-order valence-electron chi connectivity index (χ4n) is 2.53. The van der Waals surface area contributed by atoms with Gasteiger partial charge in [-0.05, 0) is 23.9 Å². The molecule has 3 rings (SSSR count). The van der Waals surface area contributed by atoms with Crippen molar-refractivity contribution in [1.82, 2.24) is 5.01 Å². The molecule has 0 fully saturated rings. The fourth-order valence-corrected chi connectivity index (χ4v) is 3.39. The Hall–Kier alpha value is -3.04. The first-order valence-electron chi connectivity index (χ1n) is 8.91. The van der Waals surface area contributed by atoms with Crippen LogP contribution < -0.4 is 0 Å². The van der Waals surface area contributed by atoms with Gasteiger partial charge in [-0.25, -0.2) is 9.80 Å². The molecule has 0 saturated carbocycles. The van der Waals surface area contributed by atoms with Crippen LogP contribution in [0.15, 0.2) is 52.6 Å². The highest BCUT2D eigenvalue weighted by Gasteiger charge is 2.32. The number of benzene rings is 1. The van der Waals surface area contributed by atoms with E-state index in [1.807, 2.05) is 55.6 Å². The third-order valence-corrected chi connectivity index (χ3v) is 4.73. The summed E-state index contributed by atoms with van der Waals surface area (Å²) in [6.45, 7) is 4.65. The number of thiophene rings is 1. The quantitative estimate of drug-likeness (QED) is 0.419. The van der Waals surface area contributed by atoms with Crippen LogP contribution in [0.25, 0.3) is 5.76 Å². The van der Waals surface area contributed by atoms with E-state index in [-0.39, 0.29) is 0 Å². The average Bonchev–Trinajstić information content (AvgIpc) is 3.20. The normalized spacial score (nSPS) is 12.7. The highest BCUT2D eigenvalue weighted by molar-refractivity contribution is 7.10. The van der Waals surface area contributed by atoms with Gasteiger partial charge in [-0.1, -0.05) is 37.3 Å². The van der Waals surface area contributed by atoms with Crippen molar-refractivity contribution >= 4 is 29.3 Å². The number of fused-ring (bicyclic) bond motifs is 1. The van der Waals surface area contributed by atoms with E-state index in [0.29, 0.717) is 24.6 Å². The minimum Gasteiger partial charge on any atom is -0.486 e. The molecule has 0 radical (unpaired) electrons. The first-order chi connectivity index (χ1) is 13.7. The first kappa shape index (κ1) is 21.3. The minimum absolute atomic E-state index is 0.331. The Bertz CT molecular complexity index is 879. The fraction of sp³-hybridized carbons (Fsp3) is 0.273. The number of terminal acetylenes is 1. The molecule has 146 valence electrons. The Morgan fingerprint density at radius 1 is 1.36 bits per heavy atom. The molecular formula is C22H24N2O3S. The average molecular weight is 397 g/mol. The minimum atomic E-state index is -0.458. The molecule has 1 aliphatic heterocycles.